The Morgan fingerprint density at radius 3 is 2.80 bits per heavy atom. The number of rotatable bonds is 2. The van der Waals surface area contributed by atoms with Gasteiger partial charge >= 0.3 is 0 Å². The average Bonchev–Trinajstić information content (AvgIpc) is 2.51. The third kappa shape index (κ3) is 1.95. The van der Waals surface area contributed by atoms with E-state index in [0.717, 1.165) is 17.2 Å². The third-order valence-electron chi connectivity index (χ3n) is 3.27. The van der Waals surface area contributed by atoms with Crippen molar-refractivity contribution in [1.29, 1.82) is 0 Å². The summed E-state index contributed by atoms with van der Waals surface area (Å²) in [7, 11) is 0. The molecule has 0 fully saturated rings. The fourth-order valence-electron chi connectivity index (χ4n) is 2.20. The predicted molar refractivity (Wildman–Crippen MR) is 75.1 cm³/mol. The van der Waals surface area contributed by atoms with Crippen molar-refractivity contribution in [2.75, 3.05) is 0 Å². The van der Waals surface area contributed by atoms with Crippen LogP contribution in [0.3, 0.4) is 0 Å². The molecule has 4 heteroatoms. The number of aldehydes is 1. The van der Waals surface area contributed by atoms with Gasteiger partial charge in [-0.25, -0.2) is 9.37 Å². The molecule has 20 heavy (non-hydrogen) atoms. The number of hydrogen-bond acceptors (Lipinski definition) is 3. The number of pyridine rings is 2. The summed E-state index contributed by atoms with van der Waals surface area (Å²) >= 11 is 0. The van der Waals surface area contributed by atoms with Crippen LogP contribution in [0.5, 0.6) is 0 Å². The van der Waals surface area contributed by atoms with E-state index >= 15 is 0 Å². The minimum absolute atomic E-state index is 0.305. The van der Waals surface area contributed by atoms with E-state index in [1.165, 1.54) is 6.07 Å². The van der Waals surface area contributed by atoms with Gasteiger partial charge in [-0.05, 0) is 37.3 Å². The van der Waals surface area contributed by atoms with Crippen molar-refractivity contribution in [2.24, 2.45) is 0 Å². The summed E-state index contributed by atoms with van der Waals surface area (Å²) in [5.41, 5.74) is 2.77. The van der Waals surface area contributed by atoms with E-state index in [1.807, 2.05) is 6.07 Å². The topological polar surface area (TPSA) is 42.9 Å². The van der Waals surface area contributed by atoms with Gasteiger partial charge in [-0.2, -0.15) is 0 Å². The fraction of sp³-hybridized carbons (Fsp3) is 0.0625. The Balaban J connectivity index is 2.36. The molecule has 2 heterocycles. The van der Waals surface area contributed by atoms with E-state index in [4.69, 9.17) is 0 Å². The molecule has 0 bridgehead atoms. The molecule has 0 N–H and O–H groups in total. The summed E-state index contributed by atoms with van der Waals surface area (Å²) in [6.45, 7) is 1.68. The Morgan fingerprint density at radius 1 is 1.25 bits per heavy atom. The number of aromatic nitrogens is 2. The van der Waals surface area contributed by atoms with Gasteiger partial charge in [-0.3, -0.25) is 9.78 Å². The van der Waals surface area contributed by atoms with Crippen molar-refractivity contribution in [3.05, 3.63) is 59.7 Å². The first-order chi connectivity index (χ1) is 9.70. The molecule has 98 valence electrons. The minimum Gasteiger partial charge on any atom is -0.298 e. The summed E-state index contributed by atoms with van der Waals surface area (Å²) < 4.78 is 13.6. The van der Waals surface area contributed by atoms with Crippen molar-refractivity contribution >= 4 is 17.2 Å². The highest BCUT2D eigenvalue weighted by Crippen LogP contribution is 2.26. The standard InChI is InChI=1S/C16H11FN2O/c1-10-14(17)5-4-11-7-13(9-20)16(19-15(10)11)12-3-2-6-18-8-12/h2-9H,1H3. The molecule has 2 aromatic heterocycles. The number of carbonyl (C=O) groups excluding carboxylic acids is 1. The average molecular weight is 266 g/mol. The molecule has 0 unspecified atom stereocenters. The van der Waals surface area contributed by atoms with Crippen molar-refractivity contribution in [3.8, 4) is 11.3 Å². The van der Waals surface area contributed by atoms with Crippen LogP contribution in [-0.4, -0.2) is 16.3 Å². The van der Waals surface area contributed by atoms with Gasteiger partial charge in [0.25, 0.3) is 0 Å². The minimum atomic E-state index is -0.305. The van der Waals surface area contributed by atoms with Crippen LogP contribution in [0.2, 0.25) is 0 Å². The highest BCUT2D eigenvalue weighted by Gasteiger charge is 2.12. The molecule has 0 amide bonds. The maximum absolute atomic E-state index is 13.6. The van der Waals surface area contributed by atoms with Crippen LogP contribution in [0.25, 0.3) is 22.2 Å². The maximum Gasteiger partial charge on any atom is 0.152 e. The number of nitrogens with zero attached hydrogens (tertiary/aromatic N) is 2. The number of hydrogen-bond donors (Lipinski definition) is 0. The Labute approximate surface area is 115 Å². The molecule has 0 aliphatic carbocycles. The Morgan fingerprint density at radius 2 is 2.10 bits per heavy atom. The van der Waals surface area contributed by atoms with Gasteiger partial charge in [-0.1, -0.05) is 0 Å². The lowest BCUT2D eigenvalue weighted by molar-refractivity contribution is 0.112. The van der Waals surface area contributed by atoms with E-state index in [1.54, 1.807) is 37.5 Å². The van der Waals surface area contributed by atoms with Gasteiger partial charge in [0.05, 0.1) is 11.2 Å². The van der Waals surface area contributed by atoms with E-state index in [9.17, 15) is 9.18 Å². The predicted octanol–water partition coefficient (Wildman–Crippen LogP) is 3.56. The molecule has 0 aliphatic heterocycles. The van der Waals surface area contributed by atoms with Crippen LogP contribution < -0.4 is 0 Å². The summed E-state index contributed by atoms with van der Waals surface area (Å²) in [4.78, 5) is 19.8. The number of halogens is 1. The monoisotopic (exact) mass is 266 g/mol. The van der Waals surface area contributed by atoms with Gasteiger partial charge in [0.2, 0.25) is 0 Å². The number of fused-ring (bicyclic) bond motifs is 1. The molecular weight excluding hydrogens is 255 g/mol. The Hall–Kier alpha value is -2.62. The summed E-state index contributed by atoms with van der Waals surface area (Å²) in [6, 6.07) is 8.34. The molecule has 0 atom stereocenters. The smallest absolute Gasteiger partial charge is 0.152 e. The first-order valence-corrected chi connectivity index (χ1v) is 6.16. The second-order valence-corrected chi connectivity index (χ2v) is 4.53. The zero-order valence-corrected chi connectivity index (χ0v) is 10.8. The highest BCUT2D eigenvalue weighted by molar-refractivity contribution is 5.94. The number of aryl methyl sites for hydroxylation is 1. The summed E-state index contributed by atoms with van der Waals surface area (Å²) in [5, 5.41) is 0.749. The van der Waals surface area contributed by atoms with Gasteiger partial charge in [-0.15, -0.1) is 0 Å². The van der Waals surface area contributed by atoms with Crippen LogP contribution in [-0.2, 0) is 0 Å². The normalized spacial score (nSPS) is 10.7. The summed E-state index contributed by atoms with van der Waals surface area (Å²) in [5.74, 6) is -0.305. The lowest BCUT2D eigenvalue weighted by atomic mass is 10.0. The lowest BCUT2D eigenvalue weighted by Gasteiger charge is -2.08. The van der Waals surface area contributed by atoms with Crippen LogP contribution >= 0.6 is 0 Å². The van der Waals surface area contributed by atoms with Gasteiger partial charge in [0, 0.05) is 34.5 Å². The highest BCUT2D eigenvalue weighted by atomic mass is 19.1. The van der Waals surface area contributed by atoms with Crippen molar-refractivity contribution in [3.63, 3.8) is 0 Å². The van der Waals surface area contributed by atoms with Gasteiger partial charge in [0.1, 0.15) is 5.82 Å². The molecule has 0 spiro atoms. The van der Waals surface area contributed by atoms with Crippen LogP contribution in [0.1, 0.15) is 15.9 Å². The molecule has 0 saturated carbocycles. The molecule has 0 saturated heterocycles. The Bertz CT molecular complexity index is 800. The molecule has 3 rings (SSSR count). The van der Waals surface area contributed by atoms with E-state index in [2.05, 4.69) is 9.97 Å². The van der Waals surface area contributed by atoms with E-state index in [-0.39, 0.29) is 5.82 Å². The largest absolute Gasteiger partial charge is 0.298 e. The first-order valence-electron chi connectivity index (χ1n) is 6.16. The molecule has 0 aliphatic rings. The maximum atomic E-state index is 13.6. The van der Waals surface area contributed by atoms with Gasteiger partial charge < -0.3 is 0 Å². The molecule has 0 radical (unpaired) electrons. The quantitative estimate of drug-likeness (QED) is 0.666. The second-order valence-electron chi connectivity index (χ2n) is 4.53. The molecule has 3 aromatic rings. The lowest BCUT2D eigenvalue weighted by Crippen LogP contribution is -1.96. The number of carbonyl (C=O) groups is 1. The fourth-order valence-corrected chi connectivity index (χ4v) is 2.20. The van der Waals surface area contributed by atoms with E-state index in [0.29, 0.717) is 22.3 Å². The Kier molecular flexibility index (Phi) is 2.99. The zero-order valence-electron chi connectivity index (χ0n) is 10.8. The van der Waals surface area contributed by atoms with Crippen molar-refractivity contribution in [2.45, 2.75) is 6.92 Å². The third-order valence-corrected chi connectivity index (χ3v) is 3.27. The molecule has 3 nitrogen and oxygen atoms in total. The van der Waals surface area contributed by atoms with Crippen LogP contribution in [0, 0.1) is 12.7 Å². The van der Waals surface area contributed by atoms with E-state index < -0.39 is 0 Å². The second kappa shape index (κ2) is 4.81. The van der Waals surface area contributed by atoms with Crippen molar-refractivity contribution < 1.29 is 9.18 Å². The zero-order chi connectivity index (χ0) is 14.1. The van der Waals surface area contributed by atoms with Crippen LogP contribution in [0.15, 0.2) is 42.7 Å². The first kappa shape index (κ1) is 12.4. The van der Waals surface area contributed by atoms with Crippen LogP contribution in [0.4, 0.5) is 4.39 Å². The number of benzene rings is 1. The molecular formula is C16H11FN2O. The summed E-state index contributed by atoms with van der Waals surface area (Å²) in [6.07, 6.45) is 4.04. The SMILES string of the molecule is Cc1c(F)ccc2cc(C=O)c(-c3cccnc3)nc12. The van der Waals surface area contributed by atoms with Crippen molar-refractivity contribution in [1.82, 2.24) is 9.97 Å². The molecule has 1 aromatic carbocycles. The van der Waals surface area contributed by atoms with Gasteiger partial charge in [0.15, 0.2) is 6.29 Å².